The Morgan fingerprint density at radius 1 is 1.05 bits per heavy atom. The number of aromatic nitrogens is 1. The lowest BCUT2D eigenvalue weighted by atomic mass is 10.1. The molecule has 2 N–H and O–H groups in total. The number of amides is 2. The summed E-state index contributed by atoms with van der Waals surface area (Å²) in [6, 6.07) is 12.6. The molecule has 0 aliphatic heterocycles. The van der Waals surface area contributed by atoms with Gasteiger partial charge >= 0.3 is 0 Å². The van der Waals surface area contributed by atoms with Gasteiger partial charge in [0.15, 0.2) is 0 Å². The zero-order chi connectivity index (χ0) is 15.5. The first-order chi connectivity index (χ1) is 10.6. The van der Waals surface area contributed by atoms with Gasteiger partial charge in [-0.15, -0.1) is 11.3 Å². The van der Waals surface area contributed by atoms with Gasteiger partial charge in [0.25, 0.3) is 11.8 Å². The number of nitrogens with one attached hydrogen (secondary N) is 2. The number of para-hydroxylation sites is 1. The fourth-order valence-electron chi connectivity index (χ4n) is 2.15. The van der Waals surface area contributed by atoms with Crippen LogP contribution in [0.1, 0.15) is 25.7 Å². The molecule has 0 atom stereocenters. The highest BCUT2D eigenvalue weighted by Crippen LogP contribution is 2.18. The van der Waals surface area contributed by atoms with Crippen molar-refractivity contribution in [3.05, 3.63) is 64.0 Å². The predicted molar refractivity (Wildman–Crippen MR) is 85.7 cm³/mol. The molecule has 6 heteroatoms. The van der Waals surface area contributed by atoms with Crippen molar-refractivity contribution in [2.24, 2.45) is 0 Å². The van der Waals surface area contributed by atoms with E-state index in [0.717, 1.165) is 16.6 Å². The number of thiophene rings is 1. The van der Waals surface area contributed by atoms with E-state index in [1.165, 1.54) is 11.3 Å². The SMILES string of the molecule is Cc1cc(C(=O)NNC(=O)c2cccs2)c2ccccc2n1. The molecular weight excluding hydrogens is 298 g/mol. The van der Waals surface area contributed by atoms with Crippen molar-refractivity contribution in [1.82, 2.24) is 15.8 Å². The van der Waals surface area contributed by atoms with Crippen molar-refractivity contribution in [3.8, 4) is 0 Å². The second-order valence-electron chi connectivity index (χ2n) is 4.71. The van der Waals surface area contributed by atoms with Gasteiger partial charge in [-0.25, -0.2) is 0 Å². The van der Waals surface area contributed by atoms with E-state index in [0.29, 0.717) is 10.4 Å². The lowest BCUT2D eigenvalue weighted by Gasteiger charge is -2.09. The summed E-state index contributed by atoms with van der Waals surface area (Å²) in [5, 5.41) is 2.55. The zero-order valence-corrected chi connectivity index (χ0v) is 12.6. The lowest BCUT2D eigenvalue weighted by molar-refractivity contribution is 0.0849. The third kappa shape index (κ3) is 2.82. The average molecular weight is 311 g/mol. The minimum atomic E-state index is -0.369. The van der Waals surface area contributed by atoms with Crippen LogP contribution in [0.25, 0.3) is 10.9 Å². The van der Waals surface area contributed by atoms with Crippen LogP contribution < -0.4 is 10.9 Å². The molecule has 0 unspecified atom stereocenters. The van der Waals surface area contributed by atoms with E-state index in [1.807, 2.05) is 31.2 Å². The summed E-state index contributed by atoms with van der Waals surface area (Å²) in [5.74, 6) is -0.704. The molecule has 2 amide bonds. The number of hydrazine groups is 1. The van der Waals surface area contributed by atoms with Crippen LogP contribution in [-0.4, -0.2) is 16.8 Å². The Bertz CT molecular complexity index is 844. The van der Waals surface area contributed by atoms with Gasteiger partial charge in [-0.1, -0.05) is 24.3 Å². The normalized spacial score (nSPS) is 10.4. The Morgan fingerprint density at radius 3 is 2.59 bits per heavy atom. The van der Waals surface area contributed by atoms with E-state index in [1.54, 1.807) is 23.6 Å². The smallest absolute Gasteiger partial charge is 0.267 e. The van der Waals surface area contributed by atoms with Gasteiger partial charge in [-0.2, -0.15) is 0 Å². The van der Waals surface area contributed by atoms with Crippen molar-refractivity contribution in [3.63, 3.8) is 0 Å². The van der Waals surface area contributed by atoms with Crippen LogP contribution in [0.2, 0.25) is 0 Å². The third-order valence-electron chi connectivity index (χ3n) is 3.12. The average Bonchev–Trinajstić information content (AvgIpc) is 3.06. The number of hydrogen-bond acceptors (Lipinski definition) is 4. The van der Waals surface area contributed by atoms with Gasteiger partial charge in [0.2, 0.25) is 0 Å². The highest BCUT2D eigenvalue weighted by Gasteiger charge is 2.13. The first-order valence-corrected chi connectivity index (χ1v) is 7.53. The molecule has 1 aromatic carbocycles. The summed E-state index contributed by atoms with van der Waals surface area (Å²) in [7, 11) is 0. The van der Waals surface area contributed by atoms with Crippen molar-refractivity contribution in [2.75, 3.05) is 0 Å². The summed E-state index contributed by atoms with van der Waals surface area (Å²) in [5.41, 5.74) is 6.84. The molecule has 0 fully saturated rings. The summed E-state index contributed by atoms with van der Waals surface area (Å²) in [6.45, 7) is 1.83. The Hall–Kier alpha value is -2.73. The molecule has 0 bridgehead atoms. The molecule has 0 aliphatic carbocycles. The number of carbonyl (C=O) groups excluding carboxylic acids is 2. The van der Waals surface area contributed by atoms with Gasteiger partial charge in [-0.3, -0.25) is 25.4 Å². The molecule has 0 spiro atoms. The summed E-state index contributed by atoms with van der Waals surface area (Å²) in [4.78, 5) is 29.1. The maximum atomic E-state index is 12.3. The monoisotopic (exact) mass is 311 g/mol. The number of hydrogen-bond donors (Lipinski definition) is 2. The van der Waals surface area contributed by atoms with E-state index in [2.05, 4.69) is 15.8 Å². The number of rotatable bonds is 2. The Balaban J connectivity index is 1.82. The molecular formula is C16H13N3O2S. The van der Waals surface area contributed by atoms with Crippen molar-refractivity contribution < 1.29 is 9.59 Å². The van der Waals surface area contributed by atoms with Crippen LogP contribution >= 0.6 is 11.3 Å². The number of nitrogens with zero attached hydrogens (tertiary/aromatic N) is 1. The highest BCUT2D eigenvalue weighted by molar-refractivity contribution is 7.12. The predicted octanol–water partition coefficient (Wildman–Crippen LogP) is 2.68. The second-order valence-corrected chi connectivity index (χ2v) is 5.66. The molecule has 3 aromatic rings. The van der Waals surface area contributed by atoms with Crippen molar-refractivity contribution in [1.29, 1.82) is 0 Å². The van der Waals surface area contributed by atoms with Crippen LogP contribution in [0.3, 0.4) is 0 Å². The number of fused-ring (bicyclic) bond motifs is 1. The molecule has 2 heterocycles. The van der Waals surface area contributed by atoms with E-state index >= 15 is 0 Å². The fraction of sp³-hybridized carbons (Fsp3) is 0.0625. The van der Waals surface area contributed by atoms with Crippen LogP contribution in [-0.2, 0) is 0 Å². The van der Waals surface area contributed by atoms with Crippen LogP contribution in [0.15, 0.2) is 47.8 Å². The molecule has 0 saturated heterocycles. The van der Waals surface area contributed by atoms with Crippen molar-refractivity contribution in [2.45, 2.75) is 6.92 Å². The quantitative estimate of drug-likeness (QED) is 0.715. The second kappa shape index (κ2) is 5.95. The van der Waals surface area contributed by atoms with Gasteiger partial charge < -0.3 is 0 Å². The molecule has 2 aromatic heterocycles. The van der Waals surface area contributed by atoms with E-state index in [-0.39, 0.29) is 11.8 Å². The van der Waals surface area contributed by atoms with Gasteiger partial charge in [0, 0.05) is 11.1 Å². The number of pyridine rings is 1. The Morgan fingerprint density at radius 2 is 1.82 bits per heavy atom. The largest absolute Gasteiger partial charge is 0.279 e. The zero-order valence-electron chi connectivity index (χ0n) is 11.8. The van der Waals surface area contributed by atoms with Gasteiger partial charge in [0.05, 0.1) is 16.0 Å². The van der Waals surface area contributed by atoms with E-state index in [4.69, 9.17) is 0 Å². The van der Waals surface area contributed by atoms with Crippen molar-refractivity contribution >= 4 is 34.1 Å². The molecule has 0 saturated carbocycles. The fourth-order valence-corrected chi connectivity index (χ4v) is 2.76. The molecule has 5 nitrogen and oxygen atoms in total. The standard InChI is InChI=1S/C16H13N3O2S/c1-10-9-12(11-5-2-3-6-13(11)17-10)15(20)18-19-16(21)14-7-4-8-22-14/h2-9H,1H3,(H,18,20)(H,19,21). The topological polar surface area (TPSA) is 71.1 Å². The maximum Gasteiger partial charge on any atom is 0.279 e. The number of benzene rings is 1. The summed E-state index contributed by atoms with van der Waals surface area (Å²) < 4.78 is 0. The molecule has 0 radical (unpaired) electrons. The minimum absolute atomic E-state index is 0.335. The number of aryl methyl sites for hydroxylation is 1. The van der Waals surface area contributed by atoms with E-state index < -0.39 is 0 Å². The Kier molecular flexibility index (Phi) is 3.84. The minimum Gasteiger partial charge on any atom is -0.267 e. The van der Waals surface area contributed by atoms with Crippen LogP contribution in [0.4, 0.5) is 0 Å². The van der Waals surface area contributed by atoms with E-state index in [9.17, 15) is 9.59 Å². The summed E-state index contributed by atoms with van der Waals surface area (Å²) in [6.07, 6.45) is 0. The van der Waals surface area contributed by atoms with Gasteiger partial charge in [-0.05, 0) is 30.5 Å². The van der Waals surface area contributed by atoms with Crippen LogP contribution in [0, 0.1) is 6.92 Å². The molecule has 3 rings (SSSR count). The third-order valence-corrected chi connectivity index (χ3v) is 3.99. The molecule has 0 aliphatic rings. The summed E-state index contributed by atoms with van der Waals surface area (Å²) >= 11 is 1.31. The number of carbonyl (C=O) groups is 2. The molecule has 22 heavy (non-hydrogen) atoms. The maximum absolute atomic E-state index is 12.3. The Labute approximate surface area is 131 Å². The molecule has 110 valence electrons. The van der Waals surface area contributed by atoms with Crippen LogP contribution in [0.5, 0.6) is 0 Å². The first-order valence-electron chi connectivity index (χ1n) is 6.66. The lowest BCUT2D eigenvalue weighted by Crippen LogP contribution is -2.41. The first kappa shape index (κ1) is 14.2. The highest BCUT2D eigenvalue weighted by atomic mass is 32.1. The van der Waals surface area contributed by atoms with Gasteiger partial charge in [0.1, 0.15) is 0 Å².